The van der Waals surface area contributed by atoms with Crippen molar-refractivity contribution in [3.63, 3.8) is 0 Å². The lowest BCUT2D eigenvalue weighted by Gasteiger charge is -2.30. The van der Waals surface area contributed by atoms with Crippen molar-refractivity contribution in [1.82, 2.24) is 0 Å². The van der Waals surface area contributed by atoms with Crippen LogP contribution in [0.3, 0.4) is 0 Å². The third-order valence-corrected chi connectivity index (χ3v) is 6.94. The van der Waals surface area contributed by atoms with Gasteiger partial charge in [-0.05, 0) is 52.1 Å². The second kappa shape index (κ2) is 9.97. The Hall–Kier alpha value is -4.33. The normalized spacial score (nSPS) is 13.7. The molecule has 4 aromatic rings. The Kier molecular flexibility index (Phi) is 6.56. The molecule has 0 saturated heterocycles. The van der Waals surface area contributed by atoms with Gasteiger partial charge in [0.2, 0.25) is 0 Å². The van der Waals surface area contributed by atoms with Gasteiger partial charge in [0.05, 0.1) is 14.2 Å². The van der Waals surface area contributed by atoms with Crippen LogP contribution in [0.4, 0.5) is 0 Å². The van der Waals surface area contributed by atoms with Gasteiger partial charge in [0, 0.05) is 17.5 Å². The Morgan fingerprint density at radius 1 is 0.811 bits per heavy atom. The number of carbonyl (C=O) groups excluding carboxylic acids is 1. The molecule has 0 amide bonds. The maximum atomic E-state index is 13.9. The fourth-order valence-corrected chi connectivity index (χ4v) is 5.02. The van der Waals surface area contributed by atoms with Gasteiger partial charge in [0.25, 0.3) is 0 Å². The lowest BCUT2D eigenvalue weighted by molar-refractivity contribution is -0.149. The summed E-state index contributed by atoms with van der Waals surface area (Å²) in [7, 11) is 3.07. The van der Waals surface area contributed by atoms with Crippen molar-refractivity contribution >= 4 is 5.97 Å². The minimum absolute atomic E-state index is 0.105. The van der Waals surface area contributed by atoms with E-state index in [1.54, 1.807) is 49.6 Å². The van der Waals surface area contributed by atoms with Crippen molar-refractivity contribution in [2.45, 2.75) is 11.5 Å². The standard InChI is InChI=1S/C30H28N2O5/c1-34-21-15-16-27(28(17-21)35-2)30(31,19-11-13-20(37-32)14-12-19)29(33)36-18-26-24-9-5-3-7-22(24)23-8-4-6-10-25(23)26/h3-17,26H,18,31-32H2,1-2H3. The number of fused-ring (bicyclic) bond motifs is 3. The highest BCUT2D eigenvalue weighted by Gasteiger charge is 2.43. The molecular formula is C30H28N2O5. The summed E-state index contributed by atoms with van der Waals surface area (Å²) in [4.78, 5) is 18.7. The van der Waals surface area contributed by atoms with Gasteiger partial charge in [-0.1, -0.05) is 60.7 Å². The molecule has 1 aliphatic rings. The lowest BCUT2D eigenvalue weighted by Crippen LogP contribution is -2.47. The van der Waals surface area contributed by atoms with E-state index in [4.69, 9.17) is 30.7 Å². The second-order valence-electron chi connectivity index (χ2n) is 8.84. The summed E-state index contributed by atoms with van der Waals surface area (Å²) in [5.41, 5.74) is 10.7. The zero-order valence-electron chi connectivity index (χ0n) is 20.6. The number of nitrogens with two attached hydrogens (primary N) is 2. The van der Waals surface area contributed by atoms with Crippen LogP contribution in [0.2, 0.25) is 0 Å². The molecule has 0 aliphatic heterocycles. The topological polar surface area (TPSA) is 106 Å². The third kappa shape index (κ3) is 4.18. The van der Waals surface area contributed by atoms with Crippen molar-refractivity contribution < 1.29 is 23.8 Å². The average molecular weight is 497 g/mol. The molecule has 0 spiro atoms. The maximum absolute atomic E-state index is 13.9. The van der Waals surface area contributed by atoms with Crippen LogP contribution in [0.25, 0.3) is 11.1 Å². The minimum Gasteiger partial charge on any atom is -0.497 e. The van der Waals surface area contributed by atoms with E-state index in [1.807, 2.05) is 24.3 Å². The number of hydrogen-bond donors (Lipinski definition) is 2. The molecule has 7 heteroatoms. The van der Waals surface area contributed by atoms with E-state index >= 15 is 0 Å². The third-order valence-electron chi connectivity index (χ3n) is 6.94. The first kappa shape index (κ1) is 24.4. The van der Waals surface area contributed by atoms with E-state index in [0.29, 0.717) is 28.4 Å². The molecule has 4 aromatic carbocycles. The van der Waals surface area contributed by atoms with Crippen LogP contribution in [0.15, 0.2) is 91.0 Å². The number of benzene rings is 4. The van der Waals surface area contributed by atoms with Gasteiger partial charge in [0.15, 0.2) is 5.54 Å². The summed E-state index contributed by atoms with van der Waals surface area (Å²) in [5, 5.41) is 0. The van der Waals surface area contributed by atoms with E-state index in [-0.39, 0.29) is 12.5 Å². The minimum atomic E-state index is -1.68. The first-order chi connectivity index (χ1) is 18.0. The van der Waals surface area contributed by atoms with Gasteiger partial charge in [-0.3, -0.25) is 0 Å². The van der Waals surface area contributed by atoms with Gasteiger partial charge < -0.3 is 24.8 Å². The fraction of sp³-hybridized carbons (Fsp3) is 0.167. The van der Waals surface area contributed by atoms with Gasteiger partial charge in [-0.2, -0.15) is 5.90 Å². The SMILES string of the molecule is COc1ccc(C(N)(C(=O)OCC2c3ccccc3-c3ccccc32)c2ccc(ON)cc2)c(OC)c1. The molecule has 0 bridgehead atoms. The first-order valence-electron chi connectivity index (χ1n) is 11.8. The second-order valence-corrected chi connectivity index (χ2v) is 8.84. The highest BCUT2D eigenvalue weighted by atomic mass is 16.6. The molecule has 1 unspecified atom stereocenters. The van der Waals surface area contributed by atoms with E-state index in [2.05, 4.69) is 24.3 Å². The Morgan fingerprint density at radius 3 is 1.97 bits per heavy atom. The van der Waals surface area contributed by atoms with E-state index in [0.717, 1.165) is 22.3 Å². The largest absolute Gasteiger partial charge is 0.497 e. The maximum Gasteiger partial charge on any atom is 0.335 e. The Bertz CT molecular complexity index is 1390. The molecular weight excluding hydrogens is 468 g/mol. The number of esters is 1. The number of ether oxygens (including phenoxy) is 3. The zero-order valence-corrected chi connectivity index (χ0v) is 20.6. The van der Waals surface area contributed by atoms with Crippen LogP contribution < -0.4 is 25.9 Å². The van der Waals surface area contributed by atoms with Gasteiger partial charge in [-0.25, -0.2) is 4.79 Å². The first-order valence-corrected chi connectivity index (χ1v) is 11.8. The van der Waals surface area contributed by atoms with Crippen molar-refractivity contribution in [1.29, 1.82) is 0 Å². The van der Waals surface area contributed by atoms with Crippen LogP contribution >= 0.6 is 0 Å². The molecule has 1 atom stereocenters. The van der Waals surface area contributed by atoms with Crippen LogP contribution in [0, 0.1) is 0 Å². The molecule has 0 radical (unpaired) electrons. The highest BCUT2D eigenvalue weighted by Crippen LogP contribution is 2.45. The number of hydrogen-bond acceptors (Lipinski definition) is 7. The van der Waals surface area contributed by atoms with Crippen molar-refractivity contribution in [2.24, 2.45) is 11.6 Å². The molecule has 1 aliphatic carbocycles. The molecule has 188 valence electrons. The van der Waals surface area contributed by atoms with Gasteiger partial charge in [0.1, 0.15) is 23.9 Å². The highest BCUT2D eigenvalue weighted by molar-refractivity contribution is 5.88. The molecule has 0 fully saturated rings. The zero-order chi connectivity index (χ0) is 26.0. The number of methoxy groups -OCH3 is 2. The van der Waals surface area contributed by atoms with Crippen LogP contribution in [0.1, 0.15) is 28.2 Å². The summed E-state index contributed by atoms with van der Waals surface area (Å²) < 4.78 is 17.0. The molecule has 7 nitrogen and oxygen atoms in total. The Balaban J connectivity index is 1.53. The summed E-state index contributed by atoms with van der Waals surface area (Å²) in [6.07, 6.45) is 0. The quantitative estimate of drug-likeness (QED) is 0.273. The molecule has 4 N–H and O–H groups in total. The predicted molar refractivity (Wildman–Crippen MR) is 140 cm³/mol. The number of carbonyl (C=O) groups is 1. The van der Waals surface area contributed by atoms with E-state index < -0.39 is 11.5 Å². The Labute approximate surface area is 215 Å². The Morgan fingerprint density at radius 2 is 1.41 bits per heavy atom. The van der Waals surface area contributed by atoms with Crippen molar-refractivity contribution in [2.75, 3.05) is 20.8 Å². The monoisotopic (exact) mass is 496 g/mol. The van der Waals surface area contributed by atoms with E-state index in [1.165, 1.54) is 7.11 Å². The summed E-state index contributed by atoms with van der Waals surface area (Å²) in [6.45, 7) is 0.133. The predicted octanol–water partition coefficient (Wildman–Crippen LogP) is 4.51. The molecule has 37 heavy (non-hydrogen) atoms. The van der Waals surface area contributed by atoms with Crippen molar-refractivity contribution in [3.8, 4) is 28.4 Å². The van der Waals surface area contributed by atoms with Crippen LogP contribution in [-0.2, 0) is 15.1 Å². The smallest absolute Gasteiger partial charge is 0.335 e. The fourth-order valence-electron chi connectivity index (χ4n) is 5.02. The summed E-state index contributed by atoms with van der Waals surface area (Å²) >= 11 is 0. The summed E-state index contributed by atoms with van der Waals surface area (Å²) in [5.74, 6) is 5.98. The van der Waals surface area contributed by atoms with Crippen LogP contribution in [0.5, 0.6) is 17.2 Å². The van der Waals surface area contributed by atoms with Crippen LogP contribution in [-0.4, -0.2) is 26.8 Å². The lowest BCUT2D eigenvalue weighted by atomic mass is 9.83. The van der Waals surface area contributed by atoms with Crippen molar-refractivity contribution in [3.05, 3.63) is 113 Å². The van der Waals surface area contributed by atoms with Gasteiger partial charge in [-0.15, -0.1) is 0 Å². The molecule has 0 heterocycles. The molecule has 5 rings (SSSR count). The van der Waals surface area contributed by atoms with Gasteiger partial charge >= 0.3 is 5.97 Å². The molecule has 0 aromatic heterocycles. The van der Waals surface area contributed by atoms with E-state index in [9.17, 15) is 4.79 Å². The summed E-state index contributed by atoms with van der Waals surface area (Å²) in [6, 6.07) is 28.1. The number of rotatable bonds is 8. The average Bonchev–Trinajstić information content (AvgIpc) is 3.28. The molecule has 0 saturated carbocycles.